The number of alkyl halides is 2. The van der Waals surface area contributed by atoms with E-state index >= 15 is 4.39 Å². The van der Waals surface area contributed by atoms with Crippen LogP contribution >= 0.6 is 0 Å². The van der Waals surface area contributed by atoms with Crippen molar-refractivity contribution in [2.75, 3.05) is 80.3 Å². The van der Waals surface area contributed by atoms with Crippen molar-refractivity contribution >= 4 is 23.0 Å². The molecule has 5 rings (SSSR count). The van der Waals surface area contributed by atoms with Crippen LogP contribution in [0.4, 0.5) is 30.2 Å². The van der Waals surface area contributed by atoms with Gasteiger partial charge in [0.25, 0.3) is 5.91 Å². The number of aliphatic hydroxyl groups excluding tert-OH is 1. The molecule has 0 aromatic heterocycles. The van der Waals surface area contributed by atoms with Crippen LogP contribution in [-0.2, 0) is 25.7 Å². The number of ether oxygens (including phenoxy) is 2. The summed E-state index contributed by atoms with van der Waals surface area (Å²) in [6.45, 7) is 5.82. The number of carbonyl (C=O) groups is 1. The lowest BCUT2D eigenvalue weighted by Gasteiger charge is -2.29. The Morgan fingerprint density at radius 1 is 0.975 bits per heavy atom. The van der Waals surface area contributed by atoms with Gasteiger partial charge in [0.05, 0.1) is 38.2 Å². The predicted molar refractivity (Wildman–Crippen MR) is 142 cm³/mol. The van der Waals surface area contributed by atoms with Gasteiger partial charge in [0.1, 0.15) is 5.82 Å². The molecule has 1 amide bonds. The summed E-state index contributed by atoms with van der Waals surface area (Å²) in [6, 6.07) is 13.1. The number of amides is 1. The van der Waals surface area contributed by atoms with E-state index in [4.69, 9.17) is 14.3 Å². The van der Waals surface area contributed by atoms with Gasteiger partial charge in [-0.2, -0.15) is 13.8 Å². The van der Waals surface area contributed by atoms with Crippen LogP contribution in [0.1, 0.15) is 5.56 Å². The lowest BCUT2D eigenvalue weighted by Crippen LogP contribution is -2.37. The molecule has 10 nitrogen and oxygen atoms in total. The summed E-state index contributed by atoms with van der Waals surface area (Å²) < 4.78 is 50.8. The minimum absolute atomic E-state index is 0.101. The van der Waals surface area contributed by atoms with Crippen LogP contribution in [0.2, 0.25) is 0 Å². The van der Waals surface area contributed by atoms with Crippen molar-refractivity contribution < 1.29 is 37.4 Å². The highest BCUT2D eigenvalue weighted by molar-refractivity contribution is 5.79. The van der Waals surface area contributed by atoms with E-state index in [-0.39, 0.29) is 13.1 Å². The van der Waals surface area contributed by atoms with Crippen LogP contribution in [0.15, 0.2) is 42.5 Å². The predicted octanol–water partition coefficient (Wildman–Crippen LogP) is 1.78. The number of benzene rings is 2. The van der Waals surface area contributed by atoms with Crippen LogP contribution in [0.3, 0.4) is 0 Å². The lowest BCUT2D eigenvalue weighted by molar-refractivity contribution is -0.154. The van der Waals surface area contributed by atoms with E-state index in [1.165, 1.54) is 16.7 Å². The monoisotopic (exact) mass is 565 g/mol. The molecule has 2 unspecified atom stereocenters. The molecule has 3 heterocycles. The molecular formula is C27H34F3N5O5. The number of halogens is 3. The third kappa shape index (κ3) is 6.96. The van der Waals surface area contributed by atoms with Crippen molar-refractivity contribution in [3.63, 3.8) is 0 Å². The molecule has 0 radical (unpaired) electrons. The van der Waals surface area contributed by atoms with Gasteiger partial charge in [-0.3, -0.25) is 9.63 Å². The molecule has 0 aliphatic carbocycles. The van der Waals surface area contributed by atoms with E-state index < -0.39 is 30.7 Å². The van der Waals surface area contributed by atoms with Crippen LogP contribution < -0.4 is 20.0 Å². The lowest BCUT2D eigenvalue weighted by atomic mass is 10.2. The number of rotatable bonds is 8. The summed E-state index contributed by atoms with van der Waals surface area (Å²) in [4.78, 5) is 22.7. The minimum Gasteiger partial charge on any atom is -0.378 e. The first kappa shape index (κ1) is 28.4. The van der Waals surface area contributed by atoms with Crippen molar-refractivity contribution in [1.82, 2.24) is 10.4 Å². The molecule has 3 fully saturated rings. The fraction of sp³-hybridized carbons (Fsp3) is 0.519. The molecule has 218 valence electrons. The molecule has 40 heavy (non-hydrogen) atoms. The molecule has 0 saturated carbocycles. The van der Waals surface area contributed by atoms with Gasteiger partial charge in [0.2, 0.25) is 6.41 Å². The Balaban J connectivity index is 1.14. The van der Waals surface area contributed by atoms with Crippen LogP contribution in [0.25, 0.3) is 0 Å². The number of hydrogen-bond acceptors (Lipinski definition) is 9. The Kier molecular flexibility index (Phi) is 9.27. The van der Waals surface area contributed by atoms with E-state index in [9.17, 15) is 18.7 Å². The first-order chi connectivity index (χ1) is 19.4. The number of hydrogen-bond donors (Lipinski definition) is 2. The second-order valence-electron chi connectivity index (χ2n) is 9.87. The van der Waals surface area contributed by atoms with E-state index in [1.807, 2.05) is 9.96 Å². The fourth-order valence-corrected chi connectivity index (χ4v) is 5.06. The molecule has 2 atom stereocenters. The zero-order valence-corrected chi connectivity index (χ0v) is 22.1. The maximum atomic E-state index is 15.2. The normalized spacial score (nSPS) is 22.6. The van der Waals surface area contributed by atoms with Crippen molar-refractivity contribution in [3.05, 3.63) is 53.8 Å². The number of morpholine rings is 1. The second kappa shape index (κ2) is 13.0. The van der Waals surface area contributed by atoms with Crippen molar-refractivity contribution in [3.8, 4) is 0 Å². The Hall–Kier alpha value is -3.10. The summed E-state index contributed by atoms with van der Waals surface area (Å²) >= 11 is 0. The summed E-state index contributed by atoms with van der Waals surface area (Å²) in [6.07, 6.45) is -5.24. The highest BCUT2D eigenvalue weighted by atomic mass is 19.3. The SMILES string of the molecule is O=C(NCC1CN(c2ccc(N3CCON(Cc4ccc(N5CCOCC5)cc4)CC3)c(F)c2)C(O)O1)C(F)F. The number of nitrogens with one attached hydrogen (secondary N) is 1. The number of hydroxylamine groups is 2. The molecule has 2 aromatic rings. The maximum Gasteiger partial charge on any atom is 0.315 e. The highest BCUT2D eigenvalue weighted by Crippen LogP contribution is 2.29. The molecule has 2 N–H and O–H groups in total. The third-order valence-corrected chi connectivity index (χ3v) is 7.21. The van der Waals surface area contributed by atoms with Gasteiger partial charge in [-0.25, -0.2) is 4.39 Å². The zero-order valence-electron chi connectivity index (χ0n) is 22.1. The molecule has 0 bridgehead atoms. The van der Waals surface area contributed by atoms with Gasteiger partial charge in [0.15, 0.2) is 0 Å². The topological polar surface area (TPSA) is 90.0 Å². The Morgan fingerprint density at radius 2 is 1.70 bits per heavy atom. The average Bonchev–Trinajstić information content (AvgIpc) is 3.18. The van der Waals surface area contributed by atoms with E-state index in [0.717, 1.165) is 31.9 Å². The van der Waals surface area contributed by atoms with Gasteiger partial charge in [-0.05, 0) is 35.9 Å². The molecule has 0 spiro atoms. The largest absolute Gasteiger partial charge is 0.378 e. The number of aliphatic hydroxyl groups is 1. The number of carbonyl (C=O) groups excluding carboxylic acids is 1. The van der Waals surface area contributed by atoms with Gasteiger partial charge in [0, 0.05) is 57.2 Å². The quantitative estimate of drug-likeness (QED) is 0.497. The standard InChI is InChI=1S/C27H34F3N5O5/c28-23-15-21(35-18-22(40-27(35)37)16-31-26(36)25(29)30)5-6-24(23)33-7-8-34(39-14-11-33)17-19-1-3-20(4-2-19)32-9-12-38-13-10-32/h1-6,15,22,25,27,37H,7-14,16-18H2,(H,31,36). The zero-order chi connectivity index (χ0) is 28.1. The van der Waals surface area contributed by atoms with Gasteiger partial charge >= 0.3 is 6.43 Å². The third-order valence-electron chi connectivity index (χ3n) is 7.21. The smallest absolute Gasteiger partial charge is 0.315 e. The summed E-state index contributed by atoms with van der Waals surface area (Å²) in [5, 5.41) is 14.2. The molecule has 3 aliphatic heterocycles. The summed E-state index contributed by atoms with van der Waals surface area (Å²) in [5.41, 5.74) is 3.10. The molecule has 3 aliphatic rings. The highest BCUT2D eigenvalue weighted by Gasteiger charge is 2.33. The second-order valence-corrected chi connectivity index (χ2v) is 9.87. The van der Waals surface area contributed by atoms with Gasteiger partial charge < -0.3 is 34.6 Å². The molecular weight excluding hydrogens is 531 g/mol. The van der Waals surface area contributed by atoms with E-state index in [1.54, 1.807) is 12.1 Å². The molecule has 2 aromatic carbocycles. The number of anilines is 3. The minimum atomic E-state index is -3.13. The van der Waals surface area contributed by atoms with Crippen molar-refractivity contribution in [1.29, 1.82) is 0 Å². The van der Waals surface area contributed by atoms with Gasteiger partial charge in [-0.1, -0.05) is 12.1 Å². The maximum absolute atomic E-state index is 15.2. The van der Waals surface area contributed by atoms with E-state index in [2.05, 4.69) is 34.5 Å². The summed E-state index contributed by atoms with van der Waals surface area (Å²) in [5.74, 6) is -1.88. The first-order valence-electron chi connectivity index (χ1n) is 13.4. The van der Waals surface area contributed by atoms with Gasteiger partial charge in [-0.15, -0.1) is 0 Å². The van der Waals surface area contributed by atoms with E-state index in [0.29, 0.717) is 44.2 Å². The molecule has 13 heteroatoms. The van der Waals surface area contributed by atoms with Crippen LogP contribution in [0, 0.1) is 5.82 Å². The Morgan fingerprint density at radius 3 is 2.42 bits per heavy atom. The first-order valence-corrected chi connectivity index (χ1v) is 13.4. The Bertz CT molecular complexity index is 1140. The fourth-order valence-electron chi connectivity index (χ4n) is 5.06. The van der Waals surface area contributed by atoms with Crippen molar-refractivity contribution in [2.24, 2.45) is 0 Å². The summed E-state index contributed by atoms with van der Waals surface area (Å²) in [7, 11) is 0. The molecule has 3 saturated heterocycles. The Labute approximate surface area is 230 Å². The van der Waals surface area contributed by atoms with Crippen LogP contribution in [-0.4, -0.2) is 101 Å². The number of nitrogens with zero attached hydrogens (tertiary/aromatic N) is 4. The van der Waals surface area contributed by atoms with Crippen LogP contribution in [0.5, 0.6) is 0 Å². The average molecular weight is 566 g/mol. The van der Waals surface area contributed by atoms with Crippen molar-refractivity contribution in [2.45, 2.75) is 25.5 Å².